The minimum Gasteiger partial charge on any atom is -0.475 e. The fourth-order valence-electron chi connectivity index (χ4n) is 2.66. The second-order valence-electron chi connectivity index (χ2n) is 6.51. The number of ether oxygens (including phenoxy) is 3. The molecule has 1 aromatic heterocycles. The largest absolute Gasteiger partial charge is 0.475 e. The first-order valence-electron chi connectivity index (χ1n) is 9.14. The maximum absolute atomic E-state index is 12.8. The van der Waals surface area contributed by atoms with Crippen LogP contribution in [0.3, 0.4) is 0 Å². The maximum Gasteiger partial charge on any atom is 0.256 e. The molecule has 1 atom stereocenters. The van der Waals surface area contributed by atoms with Crippen molar-refractivity contribution < 1.29 is 19.0 Å². The fourth-order valence-corrected chi connectivity index (χ4v) is 2.66. The number of amides is 1. The molecule has 1 aliphatic rings. The molecule has 1 amide bonds. The van der Waals surface area contributed by atoms with Gasteiger partial charge in [-0.1, -0.05) is 6.92 Å². The van der Waals surface area contributed by atoms with Gasteiger partial charge in [-0.05, 0) is 52.0 Å². The maximum atomic E-state index is 12.8. The second kappa shape index (κ2) is 9.15. The molecule has 2 rings (SSSR count). The van der Waals surface area contributed by atoms with E-state index in [2.05, 4.69) is 10.3 Å². The molecule has 1 aliphatic carbocycles. The number of aromatic nitrogens is 1. The molecule has 25 heavy (non-hydrogen) atoms. The Labute approximate surface area is 150 Å². The van der Waals surface area contributed by atoms with E-state index in [1.54, 1.807) is 6.07 Å². The number of hydrogen-bond acceptors (Lipinski definition) is 5. The van der Waals surface area contributed by atoms with Gasteiger partial charge < -0.3 is 19.5 Å². The molecule has 140 valence electrons. The van der Waals surface area contributed by atoms with Crippen LogP contribution < -0.4 is 10.1 Å². The van der Waals surface area contributed by atoms with Gasteiger partial charge in [0.05, 0.1) is 18.0 Å². The molecular weight excluding hydrogens is 320 g/mol. The number of aryl methyl sites for hydroxylation is 1. The minimum atomic E-state index is -0.769. The van der Waals surface area contributed by atoms with Crippen molar-refractivity contribution in [1.82, 2.24) is 4.98 Å². The van der Waals surface area contributed by atoms with Gasteiger partial charge in [0, 0.05) is 19.3 Å². The van der Waals surface area contributed by atoms with Crippen molar-refractivity contribution in [3.8, 4) is 5.88 Å². The molecule has 0 unspecified atom stereocenters. The molecule has 1 N–H and O–H groups in total. The Bertz CT molecular complexity index is 575. The Morgan fingerprint density at radius 3 is 2.64 bits per heavy atom. The van der Waals surface area contributed by atoms with E-state index in [0.717, 1.165) is 25.0 Å². The van der Waals surface area contributed by atoms with E-state index in [1.165, 1.54) is 0 Å². The molecule has 0 bridgehead atoms. The first-order chi connectivity index (χ1) is 12.0. The molecule has 0 aromatic carbocycles. The number of carbonyl (C=O) groups is 1. The van der Waals surface area contributed by atoms with E-state index < -0.39 is 5.60 Å². The van der Waals surface area contributed by atoms with Gasteiger partial charge in [-0.15, -0.1) is 0 Å². The zero-order valence-corrected chi connectivity index (χ0v) is 15.8. The molecule has 1 heterocycles. The summed E-state index contributed by atoms with van der Waals surface area (Å²) < 4.78 is 16.7. The van der Waals surface area contributed by atoms with Gasteiger partial charge in [0.15, 0.2) is 0 Å². The van der Waals surface area contributed by atoms with Crippen LogP contribution in [0.25, 0.3) is 0 Å². The molecule has 1 saturated carbocycles. The SMILES string of the molecule is CCCO[C@@](C)(C(=O)Nc1ccc(OCCOCC)nc1C)C1CC1. The van der Waals surface area contributed by atoms with Gasteiger partial charge in [0.25, 0.3) is 5.91 Å². The van der Waals surface area contributed by atoms with E-state index in [0.29, 0.717) is 43.9 Å². The van der Waals surface area contributed by atoms with Crippen LogP contribution >= 0.6 is 0 Å². The van der Waals surface area contributed by atoms with Gasteiger partial charge in [-0.2, -0.15) is 0 Å². The van der Waals surface area contributed by atoms with Crippen molar-refractivity contribution in [2.75, 3.05) is 31.7 Å². The minimum absolute atomic E-state index is 0.0987. The molecule has 6 nitrogen and oxygen atoms in total. The van der Waals surface area contributed by atoms with Gasteiger partial charge in [-0.25, -0.2) is 4.98 Å². The molecule has 0 radical (unpaired) electrons. The predicted octanol–water partition coefficient (Wildman–Crippen LogP) is 3.34. The van der Waals surface area contributed by atoms with Gasteiger partial charge >= 0.3 is 0 Å². The lowest BCUT2D eigenvalue weighted by Gasteiger charge is -2.29. The van der Waals surface area contributed by atoms with Crippen LogP contribution in [0, 0.1) is 12.8 Å². The predicted molar refractivity (Wildman–Crippen MR) is 97.0 cm³/mol. The zero-order chi connectivity index (χ0) is 18.3. The van der Waals surface area contributed by atoms with Crippen LogP contribution in [0.4, 0.5) is 5.69 Å². The van der Waals surface area contributed by atoms with Crippen molar-refractivity contribution in [2.24, 2.45) is 5.92 Å². The quantitative estimate of drug-likeness (QED) is 0.620. The molecular formula is C19H30N2O4. The van der Waals surface area contributed by atoms with E-state index in [4.69, 9.17) is 14.2 Å². The standard InChI is InChI=1S/C19H30N2O4/c1-5-11-25-19(4,15-7-8-15)18(22)21-16-9-10-17(20-14(16)3)24-13-12-23-6-2/h9-10,15H,5-8,11-13H2,1-4H3,(H,21,22)/t19-/m1/s1. The van der Waals surface area contributed by atoms with Gasteiger partial charge in [0.1, 0.15) is 12.2 Å². The number of nitrogens with zero attached hydrogens (tertiary/aromatic N) is 1. The highest BCUT2D eigenvalue weighted by Crippen LogP contribution is 2.42. The summed E-state index contributed by atoms with van der Waals surface area (Å²) in [5.41, 5.74) is 0.639. The average molecular weight is 350 g/mol. The third-order valence-corrected chi connectivity index (χ3v) is 4.40. The number of anilines is 1. The highest BCUT2D eigenvalue weighted by Gasteiger charge is 2.48. The van der Waals surface area contributed by atoms with Crippen LogP contribution in [0.15, 0.2) is 12.1 Å². The van der Waals surface area contributed by atoms with Crippen LogP contribution in [0.5, 0.6) is 5.88 Å². The first kappa shape index (κ1) is 19.7. The van der Waals surface area contributed by atoms with Crippen molar-refractivity contribution >= 4 is 11.6 Å². The van der Waals surface area contributed by atoms with Crippen molar-refractivity contribution in [3.05, 3.63) is 17.8 Å². The van der Waals surface area contributed by atoms with Gasteiger partial charge in [0.2, 0.25) is 5.88 Å². The molecule has 0 aliphatic heterocycles. The highest BCUT2D eigenvalue weighted by molar-refractivity contribution is 5.98. The lowest BCUT2D eigenvalue weighted by molar-refractivity contribution is -0.142. The Hall–Kier alpha value is -1.66. The zero-order valence-electron chi connectivity index (χ0n) is 15.8. The molecule has 1 fully saturated rings. The number of nitrogens with one attached hydrogen (secondary N) is 1. The van der Waals surface area contributed by atoms with Crippen molar-refractivity contribution in [2.45, 2.75) is 52.6 Å². The molecule has 0 spiro atoms. The summed E-state index contributed by atoms with van der Waals surface area (Å²) in [6.07, 6.45) is 2.97. The lowest BCUT2D eigenvalue weighted by Crippen LogP contribution is -2.45. The highest BCUT2D eigenvalue weighted by atomic mass is 16.5. The molecule has 1 aromatic rings. The normalized spacial score (nSPS) is 16.3. The van der Waals surface area contributed by atoms with Crippen molar-refractivity contribution in [3.63, 3.8) is 0 Å². The Kier molecular flexibility index (Phi) is 7.20. The van der Waals surface area contributed by atoms with Crippen LogP contribution in [0.2, 0.25) is 0 Å². The number of rotatable bonds is 11. The van der Waals surface area contributed by atoms with Gasteiger partial charge in [-0.3, -0.25) is 4.79 Å². The summed E-state index contributed by atoms with van der Waals surface area (Å²) in [6.45, 7) is 9.98. The monoisotopic (exact) mass is 350 g/mol. The van der Waals surface area contributed by atoms with E-state index in [-0.39, 0.29) is 5.91 Å². The second-order valence-corrected chi connectivity index (χ2v) is 6.51. The number of carbonyl (C=O) groups excluding carboxylic acids is 1. The van der Waals surface area contributed by atoms with Crippen LogP contribution in [-0.2, 0) is 14.3 Å². The van der Waals surface area contributed by atoms with Crippen LogP contribution in [0.1, 0.15) is 45.7 Å². The lowest BCUT2D eigenvalue weighted by atomic mass is 9.98. The summed E-state index contributed by atoms with van der Waals surface area (Å²) in [4.78, 5) is 17.2. The topological polar surface area (TPSA) is 69.7 Å². The Morgan fingerprint density at radius 1 is 1.28 bits per heavy atom. The van der Waals surface area contributed by atoms with E-state index in [1.807, 2.05) is 33.8 Å². The molecule has 0 saturated heterocycles. The Balaban J connectivity index is 1.97. The van der Waals surface area contributed by atoms with E-state index >= 15 is 0 Å². The molecule has 6 heteroatoms. The number of hydrogen-bond donors (Lipinski definition) is 1. The average Bonchev–Trinajstić information content (AvgIpc) is 3.44. The summed E-state index contributed by atoms with van der Waals surface area (Å²) >= 11 is 0. The van der Waals surface area contributed by atoms with Crippen LogP contribution in [-0.4, -0.2) is 42.9 Å². The summed E-state index contributed by atoms with van der Waals surface area (Å²) in [5.74, 6) is 0.731. The summed E-state index contributed by atoms with van der Waals surface area (Å²) in [6, 6.07) is 3.58. The third kappa shape index (κ3) is 5.41. The third-order valence-electron chi connectivity index (χ3n) is 4.40. The summed E-state index contributed by atoms with van der Waals surface area (Å²) in [5, 5.41) is 2.98. The van der Waals surface area contributed by atoms with Crippen molar-refractivity contribution in [1.29, 1.82) is 0 Å². The smallest absolute Gasteiger partial charge is 0.256 e. The Morgan fingerprint density at radius 2 is 2.04 bits per heavy atom. The number of pyridine rings is 1. The van der Waals surface area contributed by atoms with E-state index in [9.17, 15) is 4.79 Å². The first-order valence-corrected chi connectivity index (χ1v) is 9.14. The summed E-state index contributed by atoms with van der Waals surface area (Å²) in [7, 11) is 0. The fraction of sp³-hybridized carbons (Fsp3) is 0.684.